The first-order chi connectivity index (χ1) is 9.25. The third-order valence-electron chi connectivity index (χ3n) is 3.59. The van der Waals surface area contributed by atoms with Gasteiger partial charge in [-0.3, -0.25) is 9.69 Å². The summed E-state index contributed by atoms with van der Waals surface area (Å²) in [6.45, 7) is 1.34. The lowest BCUT2D eigenvalue weighted by Crippen LogP contribution is -2.41. The molecule has 0 radical (unpaired) electrons. The van der Waals surface area contributed by atoms with E-state index in [1.165, 1.54) is 30.6 Å². The first kappa shape index (κ1) is 14.4. The van der Waals surface area contributed by atoms with Crippen molar-refractivity contribution in [2.75, 3.05) is 18.8 Å². The maximum Gasteiger partial charge on any atom is 0.231 e. The number of nitrogens with two attached hydrogens (primary N) is 1. The van der Waals surface area contributed by atoms with Gasteiger partial charge in [0.05, 0.1) is 6.54 Å². The SMILES string of the molecule is NC(=O)CN(CCSc1ccccc1)C1CCCC1. The van der Waals surface area contributed by atoms with Crippen molar-refractivity contribution in [2.45, 2.75) is 36.6 Å². The van der Waals surface area contributed by atoms with Gasteiger partial charge >= 0.3 is 0 Å². The van der Waals surface area contributed by atoms with E-state index in [1.807, 2.05) is 17.8 Å². The number of primary amides is 1. The molecule has 0 saturated heterocycles. The monoisotopic (exact) mass is 278 g/mol. The van der Waals surface area contributed by atoms with Crippen molar-refractivity contribution in [3.05, 3.63) is 30.3 Å². The van der Waals surface area contributed by atoms with Crippen LogP contribution in [0.15, 0.2) is 35.2 Å². The lowest BCUT2D eigenvalue weighted by molar-refractivity contribution is -0.119. The molecule has 1 aromatic carbocycles. The van der Waals surface area contributed by atoms with Crippen molar-refractivity contribution in [3.63, 3.8) is 0 Å². The number of hydrogen-bond donors (Lipinski definition) is 1. The predicted octanol–water partition coefficient (Wildman–Crippen LogP) is 2.51. The van der Waals surface area contributed by atoms with Crippen molar-refractivity contribution in [1.82, 2.24) is 4.90 Å². The van der Waals surface area contributed by atoms with E-state index >= 15 is 0 Å². The maximum absolute atomic E-state index is 11.2. The minimum atomic E-state index is -0.211. The van der Waals surface area contributed by atoms with E-state index in [4.69, 9.17) is 5.73 Å². The summed E-state index contributed by atoms with van der Waals surface area (Å²) in [5.74, 6) is 0.796. The van der Waals surface area contributed by atoms with Crippen LogP contribution in [0.1, 0.15) is 25.7 Å². The van der Waals surface area contributed by atoms with Crippen molar-refractivity contribution in [1.29, 1.82) is 0 Å². The van der Waals surface area contributed by atoms with Crippen LogP contribution in [0, 0.1) is 0 Å². The van der Waals surface area contributed by atoms with Crippen LogP contribution < -0.4 is 5.73 Å². The van der Waals surface area contributed by atoms with Gasteiger partial charge in [0.25, 0.3) is 0 Å². The van der Waals surface area contributed by atoms with Crippen molar-refractivity contribution >= 4 is 17.7 Å². The Morgan fingerprint density at radius 2 is 1.95 bits per heavy atom. The van der Waals surface area contributed by atoms with Gasteiger partial charge in [-0.2, -0.15) is 0 Å². The molecular weight excluding hydrogens is 256 g/mol. The van der Waals surface area contributed by atoms with Gasteiger partial charge < -0.3 is 5.73 Å². The molecule has 0 unspecified atom stereocenters. The van der Waals surface area contributed by atoms with E-state index in [-0.39, 0.29) is 5.91 Å². The molecule has 0 bridgehead atoms. The maximum atomic E-state index is 11.2. The number of benzene rings is 1. The zero-order valence-electron chi connectivity index (χ0n) is 11.3. The van der Waals surface area contributed by atoms with Crippen LogP contribution in [-0.2, 0) is 4.79 Å². The Kier molecular flexibility index (Phi) is 5.73. The number of thioether (sulfide) groups is 1. The van der Waals surface area contributed by atoms with Crippen LogP contribution in [0.4, 0.5) is 0 Å². The van der Waals surface area contributed by atoms with E-state index in [1.54, 1.807) is 0 Å². The van der Waals surface area contributed by atoms with Gasteiger partial charge in [0.15, 0.2) is 0 Å². The van der Waals surface area contributed by atoms with Gasteiger partial charge in [-0.05, 0) is 25.0 Å². The van der Waals surface area contributed by atoms with Crippen LogP contribution in [0.5, 0.6) is 0 Å². The molecule has 104 valence electrons. The second-order valence-electron chi connectivity index (χ2n) is 5.04. The Balaban J connectivity index is 1.80. The topological polar surface area (TPSA) is 46.3 Å². The molecule has 1 saturated carbocycles. The molecule has 1 fully saturated rings. The third-order valence-corrected chi connectivity index (χ3v) is 4.58. The third kappa shape index (κ3) is 4.88. The van der Waals surface area contributed by atoms with Gasteiger partial charge in [0.1, 0.15) is 0 Å². The van der Waals surface area contributed by atoms with Crippen LogP contribution in [0.25, 0.3) is 0 Å². The molecule has 1 aliphatic rings. The van der Waals surface area contributed by atoms with Crippen molar-refractivity contribution < 1.29 is 4.79 Å². The number of hydrogen-bond acceptors (Lipinski definition) is 3. The van der Waals surface area contributed by atoms with E-state index in [0.717, 1.165) is 12.3 Å². The Labute approximate surface area is 119 Å². The molecule has 0 heterocycles. The van der Waals surface area contributed by atoms with E-state index < -0.39 is 0 Å². The van der Waals surface area contributed by atoms with Gasteiger partial charge in [-0.15, -0.1) is 11.8 Å². The smallest absolute Gasteiger partial charge is 0.231 e. The highest BCUT2D eigenvalue weighted by Gasteiger charge is 2.23. The molecular formula is C15H22N2OS. The number of carbonyl (C=O) groups is 1. The summed E-state index contributed by atoms with van der Waals surface area (Å²) in [5, 5.41) is 0. The van der Waals surface area contributed by atoms with Gasteiger partial charge in [-0.1, -0.05) is 31.0 Å². The Morgan fingerprint density at radius 1 is 1.26 bits per heavy atom. The highest BCUT2D eigenvalue weighted by molar-refractivity contribution is 7.99. The Bertz CT molecular complexity index is 390. The van der Waals surface area contributed by atoms with Gasteiger partial charge in [0, 0.05) is 23.2 Å². The molecule has 3 nitrogen and oxygen atoms in total. The molecule has 2 N–H and O–H groups in total. The fourth-order valence-corrected chi connectivity index (χ4v) is 3.57. The average Bonchev–Trinajstić information content (AvgIpc) is 2.92. The fourth-order valence-electron chi connectivity index (χ4n) is 2.66. The van der Waals surface area contributed by atoms with Crippen LogP contribution in [0.3, 0.4) is 0 Å². The molecule has 4 heteroatoms. The molecule has 2 rings (SSSR count). The van der Waals surface area contributed by atoms with Gasteiger partial charge in [-0.25, -0.2) is 0 Å². The normalized spacial score (nSPS) is 16.1. The van der Waals surface area contributed by atoms with Crippen LogP contribution in [0.2, 0.25) is 0 Å². The van der Waals surface area contributed by atoms with E-state index in [0.29, 0.717) is 12.6 Å². The minimum absolute atomic E-state index is 0.211. The number of carbonyl (C=O) groups excluding carboxylic acids is 1. The summed E-state index contributed by atoms with van der Waals surface area (Å²) in [6, 6.07) is 10.9. The van der Waals surface area contributed by atoms with Crippen LogP contribution in [-0.4, -0.2) is 35.7 Å². The zero-order valence-corrected chi connectivity index (χ0v) is 12.1. The fraction of sp³-hybridized carbons (Fsp3) is 0.533. The molecule has 19 heavy (non-hydrogen) atoms. The first-order valence-corrected chi connectivity index (χ1v) is 7.94. The number of nitrogens with zero attached hydrogens (tertiary/aromatic N) is 1. The second-order valence-corrected chi connectivity index (χ2v) is 6.20. The molecule has 1 aliphatic carbocycles. The summed E-state index contributed by atoms with van der Waals surface area (Å²) in [5.41, 5.74) is 5.36. The van der Waals surface area contributed by atoms with Crippen LogP contribution >= 0.6 is 11.8 Å². The first-order valence-electron chi connectivity index (χ1n) is 6.96. The summed E-state index contributed by atoms with van der Waals surface area (Å²) < 4.78 is 0. The number of rotatable bonds is 7. The highest BCUT2D eigenvalue weighted by atomic mass is 32.2. The average molecular weight is 278 g/mol. The van der Waals surface area contributed by atoms with Crippen molar-refractivity contribution in [3.8, 4) is 0 Å². The lowest BCUT2D eigenvalue weighted by Gasteiger charge is -2.27. The summed E-state index contributed by atoms with van der Waals surface area (Å²) >= 11 is 1.84. The summed E-state index contributed by atoms with van der Waals surface area (Å²) in [4.78, 5) is 14.7. The lowest BCUT2D eigenvalue weighted by atomic mass is 10.2. The van der Waals surface area contributed by atoms with E-state index in [9.17, 15) is 4.79 Å². The molecule has 0 atom stereocenters. The second kappa shape index (κ2) is 7.56. The van der Waals surface area contributed by atoms with E-state index in [2.05, 4.69) is 29.2 Å². The quantitative estimate of drug-likeness (QED) is 0.780. The molecule has 0 spiro atoms. The molecule has 0 aliphatic heterocycles. The molecule has 1 amide bonds. The largest absolute Gasteiger partial charge is 0.369 e. The highest BCUT2D eigenvalue weighted by Crippen LogP contribution is 2.24. The summed E-state index contributed by atoms with van der Waals surface area (Å²) in [6.07, 6.45) is 4.99. The summed E-state index contributed by atoms with van der Waals surface area (Å²) in [7, 11) is 0. The van der Waals surface area contributed by atoms with Gasteiger partial charge in [0.2, 0.25) is 5.91 Å². The molecule has 1 aromatic rings. The van der Waals surface area contributed by atoms with Crippen molar-refractivity contribution in [2.24, 2.45) is 5.73 Å². The predicted molar refractivity (Wildman–Crippen MR) is 80.2 cm³/mol. The standard InChI is InChI=1S/C15H22N2OS/c16-15(18)12-17(13-6-4-5-7-13)10-11-19-14-8-2-1-3-9-14/h1-3,8-9,13H,4-7,10-12H2,(H2,16,18). The zero-order chi connectivity index (χ0) is 13.5. The molecule has 0 aromatic heterocycles. The number of amides is 1. The Hall–Kier alpha value is -1.00. The Morgan fingerprint density at radius 3 is 2.58 bits per heavy atom. The minimum Gasteiger partial charge on any atom is -0.369 e.